The van der Waals surface area contributed by atoms with Crippen LogP contribution in [-0.2, 0) is 5.54 Å². The molecule has 0 unspecified atom stereocenters. The van der Waals surface area contributed by atoms with E-state index in [0.717, 1.165) is 5.56 Å². The number of methoxy groups -OCH3 is 1. The van der Waals surface area contributed by atoms with Crippen LogP contribution in [0.15, 0.2) is 18.2 Å². The summed E-state index contributed by atoms with van der Waals surface area (Å²) in [6, 6.07) is 5.18. The third-order valence-electron chi connectivity index (χ3n) is 1.92. The van der Waals surface area contributed by atoms with E-state index in [9.17, 15) is 5.11 Å². The molecule has 3 heteroatoms. The number of rotatable bonds is 2. The van der Waals surface area contributed by atoms with Crippen LogP contribution in [0.4, 0.5) is 0 Å². The van der Waals surface area contributed by atoms with Crippen molar-refractivity contribution in [2.75, 3.05) is 7.11 Å². The summed E-state index contributed by atoms with van der Waals surface area (Å²) in [6.45, 7) is 3.77. The van der Waals surface area contributed by atoms with Gasteiger partial charge in [-0.05, 0) is 31.5 Å². The molecule has 1 aromatic carbocycles. The van der Waals surface area contributed by atoms with Gasteiger partial charge in [0.1, 0.15) is 0 Å². The lowest BCUT2D eigenvalue weighted by Crippen LogP contribution is -2.28. The summed E-state index contributed by atoms with van der Waals surface area (Å²) in [5.41, 5.74) is 6.30. The average molecular weight is 181 g/mol. The molecule has 0 spiro atoms. The van der Waals surface area contributed by atoms with E-state index in [1.165, 1.54) is 7.11 Å². The summed E-state index contributed by atoms with van der Waals surface area (Å²) < 4.78 is 4.92. The molecule has 72 valence electrons. The van der Waals surface area contributed by atoms with Crippen LogP contribution in [0.2, 0.25) is 0 Å². The smallest absolute Gasteiger partial charge is 0.160 e. The summed E-state index contributed by atoms with van der Waals surface area (Å²) >= 11 is 0. The van der Waals surface area contributed by atoms with Crippen LogP contribution in [0.3, 0.4) is 0 Å². The van der Waals surface area contributed by atoms with E-state index >= 15 is 0 Å². The van der Waals surface area contributed by atoms with Crippen molar-refractivity contribution in [3.8, 4) is 11.5 Å². The van der Waals surface area contributed by atoms with Crippen molar-refractivity contribution >= 4 is 0 Å². The van der Waals surface area contributed by atoms with Crippen LogP contribution < -0.4 is 10.5 Å². The minimum atomic E-state index is -0.441. The van der Waals surface area contributed by atoms with Gasteiger partial charge in [0.05, 0.1) is 7.11 Å². The van der Waals surface area contributed by atoms with Crippen molar-refractivity contribution in [3.63, 3.8) is 0 Å². The molecule has 3 N–H and O–H groups in total. The zero-order valence-electron chi connectivity index (χ0n) is 8.16. The first-order valence-corrected chi connectivity index (χ1v) is 4.11. The average Bonchev–Trinajstić information content (AvgIpc) is 2.02. The predicted molar refractivity (Wildman–Crippen MR) is 51.9 cm³/mol. The fraction of sp³-hybridized carbons (Fsp3) is 0.400. The maximum atomic E-state index is 9.47. The van der Waals surface area contributed by atoms with Crippen molar-refractivity contribution in [1.82, 2.24) is 0 Å². The van der Waals surface area contributed by atoms with E-state index in [1.54, 1.807) is 12.1 Å². The summed E-state index contributed by atoms with van der Waals surface area (Å²) in [4.78, 5) is 0. The van der Waals surface area contributed by atoms with Crippen LogP contribution in [0.5, 0.6) is 11.5 Å². The van der Waals surface area contributed by atoms with Gasteiger partial charge in [-0.25, -0.2) is 0 Å². The molecule has 0 radical (unpaired) electrons. The molecule has 0 bridgehead atoms. The van der Waals surface area contributed by atoms with Crippen LogP contribution in [0.25, 0.3) is 0 Å². The summed E-state index contributed by atoms with van der Waals surface area (Å²) in [6.07, 6.45) is 0. The molecule has 0 aliphatic carbocycles. The summed E-state index contributed by atoms with van der Waals surface area (Å²) in [7, 11) is 1.52. The van der Waals surface area contributed by atoms with Crippen LogP contribution in [0.1, 0.15) is 19.4 Å². The van der Waals surface area contributed by atoms with Gasteiger partial charge in [-0.2, -0.15) is 0 Å². The fourth-order valence-electron chi connectivity index (χ4n) is 1.09. The highest BCUT2D eigenvalue weighted by molar-refractivity contribution is 5.43. The Morgan fingerprint density at radius 2 is 2.00 bits per heavy atom. The number of ether oxygens (including phenoxy) is 1. The minimum absolute atomic E-state index is 0.124. The second-order valence-corrected chi connectivity index (χ2v) is 3.61. The standard InChI is InChI=1S/C10H15NO2/c1-10(2,11)7-4-5-9(13-3)8(12)6-7/h4-6,12H,11H2,1-3H3. The molecule has 0 amide bonds. The number of benzene rings is 1. The lowest BCUT2D eigenvalue weighted by molar-refractivity contribution is 0.372. The third kappa shape index (κ3) is 2.12. The van der Waals surface area contributed by atoms with Crippen LogP contribution in [0, 0.1) is 0 Å². The Balaban J connectivity index is 3.10. The molecule has 0 saturated heterocycles. The number of hydrogen-bond acceptors (Lipinski definition) is 3. The van der Waals surface area contributed by atoms with Crippen molar-refractivity contribution in [1.29, 1.82) is 0 Å². The number of phenolic OH excluding ortho intramolecular Hbond substituents is 1. The van der Waals surface area contributed by atoms with Crippen molar-refractivity contribution in [3.05, 3.63) is 23.8 Å². The Kier molecular flexibility index (Phi) is 2.48. The van der Waals surface area contributed by atoms with Crippen molar-refractivity contribution in [2.45, 2.75) is 19.4 Å². The highest BCUT2D eigenvalue weighted by atomic mass is 16.5. The Hall–Kier alpha value is -1.22. The number of hydrogen-bond donors (Lipinski definition) is 2. The first-order valence-electron chi connectivity index (χ1n) is 4.11. The van der Waals surface area contributed by atoms with Gasteiger partial charge in [-0.3, -0.25) is 0 Å². The van der Waals surface area contributed by atoms with Gasteiger partial charge in [0.25, 0.3) is 0 Å². The first kappa shape index (κ1) is 9.86. The van der Waals surface area contributed by atoms with Crippen LogP contribution >= 0.6 is 0 Å². The topological polar surface area (TPSA) is 55.5 Å². The van der Waals surface area contributed by atoms with E-state index in [1.807, 2.05) is 19.9 Å². The molecule has 1 rings (SSSR count). The molecule has 3 nitrogen and oxygen atoms in total. The lowest BCUT2D eigenvalue weighted by atomic mass is 9.95. The Morgan fingerprint density at radius 3 is 2.38 bits per heavy atom. The zero-order valence-corrected chi connectivity index (χ0v) is 8.16. The predicted octanol–water partition coefficient (Wildman–Crippen LogP) is 1.59. The van der Waals surface area contributed by atoms with E-state index < -0.39 is 5.54 Å². The monoisotopic (exact) mass is 181 g/mol. The molecular formula is C10H15NO2. The quantitative estimate of drug-likeness (QED) is 0.728. The molecule has 0 heterocycles. The Morgan fingerprint density at radius 1 is 1.38 bits per heavy atom. The van der Waals surface area contributed by atoms with Gasteiger partial charge in [0, 0.05) is 5.54 Å². The van der Waals surface area contributed by atoms with Gasteiger partial charge in [0.15, 0.2) is 11.5 Å². The summed E-state index contributed by atoms with van der Waals surface area (Å²) in [5.74, 6) is 0.589. The lowest BCUT2D eigenvalue weighted by Gasteiger charge is -2.19. The molecule has 1 aromatic rings. The van der Waals surface area contributed by atoms with Gasteiger partial charge < -0.3 is 15.6 Å². The maximum absolute atomic E-state index is 9.47. The molecule has 0 fully saturated rings. The van der Waals surface area contributed by atoms with Crippen LogP contribution in [-0.4, -0.2) is 12.2 Å². The van der Waals surface area contributed by atoms with Gasteiger partial charge in [-0.15, -0.1) is 0 Å². The minimum Gasteiger partial charge on any atom is -0.504 e. The maximum Gasteiger partial charge on any atom is 0.160 e. The summed E-state index contributed by atoms with van der Waals surface area (Å²) in [5, 5.41) is 9.47. The Bertz CT molecular complexity index is 302. The highest BCUT2D eigenvalue weighted by Gasteiger charge is 2.15. The molecule has 0 saturated carbocycles. The molecule has 13 heavy (non-hydrogen) atoms. The Labute approximate surface area is 78.1 Å². The largest absolute Gasteiger partial charge is 0.504 e. The second-order valence-electron chi connectivity index (χ2n) is 3.61. The zero-order chi connectivity index (χ0) is 10.1. The van der Waals surface area contributed by atoms with Crippen molar-refractivity contribution in [2.24, 2.45) is 5.73 Å². The van der Waals surface area contributed by atoms with E-state index in [4.69, 9.17) is 10.5 Å². The SMILES string of the molecule is COc1ccc(C(C)(C)N)cc1O. The normalized spacial score (nSPS) is 11.4. The van der Waals surface area contributed by atoms with E-state index in [2.05, 4.69) is 0 Å². The first-order chi connectivity index (χ1) is 5.95. The number of phenols is 1. The molecular weight excluding hydrogens is 166 g/mol. The second kappa shape index (κ2) is 3.26. The van der Waals surface area contributed by atoms with E-state index in [0.29, 0.717) is 5.75 Å². The molecule has 0 aromatic heterocycles. The number of nitrogens with two attached hydrogens (primary N) is 1. The fourth-order valence-corrected chi connectivity index (χ4v) is 1.09. The highest BCUT2D eigenvalue weighted by Crippen LogP contribution is 2.29. The molecule has 0 aliphatic rings. The molecule has 0 aliphatic heterocycles. The third-order valence-corrected chi connectivity index (χ3v) is 1.92. The van der Waals surface area contributed by atoms with Crippen molar-refractivity contribution < 1.29 is 9.84 Å². The van der Waals surface area contributed by atoms with Gasteiger partial charge >= 0.3 is 0 Å². The van der Waals surface area contributed by atoms with Gasteiger partial charge in [-0.1, -0.05) is 6.07 Å². The van der Waals surface area contributed by atoms with E-state index in [-0.39, 0.29) is 5.75 Å². The number of aromatic hydroxyl groups is 1. The molecule has 0 atom stereocenters. The van der Waals surface area contributed by atoms with Gasteiger partial charge in [0.2, 0.25) is 0 Å².